The van der Waals surface area contributed by atoms with Crippen LogP contribution in [-0.2, 0) is 0 Å². The van der Waals surface area contributed by atoms with E-state index in [4.69, 9.17) is 4.74 Å². The molecule has 0 aliphatic carbocycles. The Bertz CT molecular complexity index is 1490. The summed E-state index contributed by atoms with van der Waals surface area (Å²) in [6.45, 7) is 2.18. The van der Waals surface area contributed by atoms with Crippen LogP contribution in [0, 0.1) is 6.92 Å². The van der Waals surface area contributed by atoms with Crippen LogP contribution >= 0.6 is 0 Å². The zero-order chi connectivity index (χ0) is 24.1. The van der Waals surface area contributed by atoms with E-state index in [1.165, 1.54) is 28.1 Å². The number of benzene rings is 5. The normalized spacial score (nSPS) is 17.2. The first kappa shape index (κ1) is 20.8. The third kappa shape index (κ3) is 3.20. The fourth-order valence-electron chi connectivity index (χ4n) is 5.73. The van der Waals surface area contributed by atoms with Gasteiger partial charge >= 0.3 is 0 Å². The Kier molecular flexibility index (Phi) is 4.81. The predicted molar refractivity (Wildman–Crippen MR) is 147 cm³/mol. The van der Waals surface area contributed by atoms with Gasteiger partial charge in [0.1, 0.15) is 11.8 Å². The maximum atomic E-state index is 6.94. The molecule has 0 spiro atoms. The third-order valence-electron chi connectivity index (χ3n) is 7.18. The van der Waals surface area contributed by atoms with Gasteiger partial charge in [0, 0.05) is 33.9 Å². The number of aryl methyl sites for hydroxylation is 1. The topological polar surface area (TPSA) is 15.7 Å². The second kappa shape index (κ2) is 8.31. The molecular weight excluding hydrogens is 440 g/mol. The lowest BCUT2D eigenvalue weighted by atomic mass is 9.98. The molecule has 2 atom stereocenters. The molecule has 2 unspecified atom stereocenters. The van der Waals surface area contributed by atoms with Gasteiger partial charge < -0.3 is 14.5 Å². The highest BCUT2D eigenvalue weighted by Gasteiger charge is 2.48. The van der Waals surface area contributed by atoms with Crippen molar-refractivity contribution in [2.75, 3.05) is 9.80 Å². The minimum absolute atomic E-state index is 0.0645. The molecule has 0 N–H and O–H groups in total. The van der Waals surface area contributed by atoms with Gasteiger partial charge in [-0.05, 0) is 67.1 Å². The Morgan fingerprint density at radius 1 is 0.639 bits per heavy atom. The van der Waals surface area contributed by atoms with E-state index >= 15 is 0 Å². The summed E-state index contributed by atoms with van der Waals surface area (Å²) in [5.41, 5.74) is 9.37. The van der Waals surface area contributed by atoms with Crippen LogP contribution < -0.4 is 14.5 Å². The highest BCUT2D eigenvalue weighted by Crippen LogP contribution is 2.61. The summed E-state index contributed by atoms with van der Waals surface area (Å²) in [4.78, 5) is 4.76. The van der Waals surface area contributed by atoms with Gasteiger partial charge in [-0.2, -0.15) is 0 Å². The first-order chi connectivity index (χ1) is 17.8. The Morgan fingerprint density at radius 3 is 1.89 bits per heavy atom. The smallest absolute Gasteiger partial charge is 0.151 e. The van der Waals surface area contributed by atoms with Gasteiger partial charge in [-0.25, -0.2) is 0 Å². The standard InChI is InChI=1S/C33H26N2O/c1-23-21-28-31-33(27-19-11-12-20-29(27)35(31)26-17-9-4-10-18-26)36-32(28)30(22-23)34(24-13-5-2-6-14-24)25-15-7-3-8-16-25/h2-22,31,33H,1H3. The van der Waals surface area contributed by atoms with Gasteiger partial charge in [-0.3, -0.25) is 0 Å². The molecule has 0 bridgehead atoms. The number of hydrogen-bond donors (Lipinski definition) is 0. The minimum Gasteiger partial charge on any atom is -0.481 e. The number of anilines is 5. The van der Waals surface area contributed by atoms with Crippen molar-refractivity contribution in [3.63, 3.8) is 0 Å². The summed E-state index contributed by atoms with van der Waals surface area (Å²) in [6, 6.07) is 45.0. The molecule has 0 saturated heterocycles. The van der Waals surface area contributed by atoms with Gasteiger partial charge in [0.25, 0.3) is 0 Å². The molecule has 2 aliphatic heterocycles. The average molecular weight is 467 g/mol. The number of rotatable bonds is 4. The Morgan fingerprint density at radius 2 is 1.22 bits per heavy atom. The number of hydrogen-bond acceptors (Lipinski definition) is 3. The molecule has 0 aromatic heterocycles. The van der Waals surface area contributed by atoms with Crippen LogP contribution in [0.3, 0.4) is 0 Å². The van der Waals surface area contributed by atoms with E-state index in [-0.39, 0.29) is 12.1 Å². The van der Waals surface area contributed by atoms with Crippen molar-refractivity contribution in [1.29, 1.82) is 0 Å². The SMILES string of the molecule is Cc1cc2c(c(N(c3ccccc3)c3ccccc3)c1)OC1c3ccccc3N(c3ccccc3)C21. The summed E-state index contributed by atoms with van der Waals surface area (Å²) in [5.74, 6) is 0.957. The molecule has 36 heavy (non-hydrogen) atoms. The zero-order valence-corrected chi connectivity index (χ0v) is 20.1. The minimum atomic E-state index is -0.0645. The number of fused-ring (bicyclic) bond motifs is 5. The maximum absolute atomic E-state index is 6.94. The molecular formula is C33H26N2O. The summed E-state index contributed by atoms with van der Waals surface area (Å²) in [5, 5.41) is 0. The lowest BCUT2D eigenvalue weighted by molar-refractivity contribution is 0.224. The van der Waals surface area contributed by atoms with Crippen LogP contribution in [0.2, 0.25) is 0 Å². The van der Waals surface area contributed by atoms with E-state index in [2.05, 4.69) is 144 Å². The zero-order valence-electron chi connectivity index (χ0n) is 20.1. The molecule has 3 heteroatoms. The van der Waals surface area contributed by atoms with Gasteiger partial charge in [0.2, 0.25) is 0 Å². The largest absolute Gasteiger partial charge is 0.481 e. The van der Waals surface area contributed by atoms with E-state index in [1.54, 1.807) is 0 Å². The van der Waals surface area contributed by atoms with E-state index in [9.17, 15) is 0 Å². The van der Waals surface area contributed by atoms with Crippen molar-refractivity contribution in [1.82, 2.24) is 0 Å². The highest BCUT2D eigenvalue weighted by atomic mass is 16.5. The van der Waals surface area contributed by atoms with Crippen LogP contribution in [0.5, 0.6) is 5.75 Å². The van der Waals surface area contributed by atoms with Crippen molar-refractivity contribution >= 4 is 28.4 Å². The van der Waals surface area contributed by atoms with Gasteiger partial charge in [-0.1, -0.05) is 72.8 Å². The lowest BCUT2D eigenvalue weighted by Gasteiger charge is -2.29. The quantitative estimate of drug-likeness (QED) is 0.263. The van der Waals surface area contributed by atoms with E-state index in [0.29, 0.717) is 0 Å². The average Bonchev–Trinajstić information content (AvgIpc) is 3.46. The second-order valence-corrected chi connectivity index (χ2v) is 9.46. The predicted octanol–water partition coefficient (Wildman–Crippen LogP) is 8.79. The van der Waals surface area contributed by atoms with E-state index in [1.807, 2.05) is 0 Å². The fourth-order valence-corrected chi connectivity index (χ4v) is 5.73. The molecule has 2 aliphatic rings. The first-order valence-corrected chi connectivity index (χ1v) is 12.4. The first-order valence-electron chi connectivity index (χ1n) is 12.4. The molecule has 3 nitrogen and oxygen atoms in total. The highest BCUT2D eigenvalue weighted by molar-refractivity contribution is 5.84. The van der Waals surface area contributed by atoms with E-state index < -0.39 is 0 Å². The van der Waals surface area contributed by atoms with Gasteiger partial charge in [0.15, 0.2) is 6.10 Å². The molecule has 5 aromatic carbocycles. The van der Waals surface area contributed by atoms with Crippen LogP contribution in [0.1, 0.15) is 28.8 Å². The van der Waals surface area contributed by atoms with Crippen LogP contribution in [0.25, 0.3) is 0 Å². The van der Waals surface area contributed by atoms with Crippen molar-refractivity contribution in [2.45, 2.75) is 19.1 Å². The monoisotopic (exact) mass is 466 g/mol. The number of nitrogens with zero attached hydrogens (tertiary/aromatic N) is 2. The van der Waals surface area contributed by atoms with Crippen LogP contribution in [-0.4, -0.2) is 0 Å². The summed E-state index contributed by atoms with van der Waals surface area (Å²) in [7, 11) is 0. The molecule has 7 rings (SSSR count). The number of ether oxygens (including phenoxy) is 1. The van der Waals surface area contributed by atoms with Gasteiger partial charge in [-0.15, -0.1) is 0 Å². The van der Waals surface area contributed by atoms with Crippen molar-refractivity contribution in [3.05, 3.63) is 144 Å². The van der Waals surface area contributed by atoms with Gasteiger partial charge in [0.05, 0.1) is 5.69 Å². The Hall–Kier alpha value is -4.50. The lowest BCUT2D eigenvalue weighted by Crippen LogP contribution is -2.20. The fraction of sp³-hybridized carbons (Fsp3) is 0.0909. The summed E-state index contributed by atoms with van der Waals surface area (Å²) >= 11 is 0. The Balaban J connectivity index is 1.44. The third-order valence-corrected chi connectivity index (χ3v) is 7.18. The molecule has 174 valence electrons. The summed E-state index contributed by atoms with van der Waals surface area (Å²) in [6.07, 6.45) is -0.0645. The molecule has 0 radical (unpaired) electrons. The van der Waals surface area contributed by atoms with Crippen molar-refractivity contribution < 1.29 is 4.74 Å². The van der Waals surface area contributed by atoms with Crippen molar-refractivity contribution in [3.8, 4) is 5.75 Å². The second-order valence-electron chi connectivity index (χ2n) is 9.46. The summed E-state index contributed by atoms with van der Waals surface area (Å²) < 4.78 is 6.94. The molecule has 0 fully saturated rings. The Labute approximate surface area is 211 Å². The maximum Gasteiger partial charge on any atom is 0.151 e. The van der Waals surface area contributed by atoms with Crippen molar-refractivity contribution in [2.24, 2.45) is 0 Å². The molecule has 0 amide bonds. The molecule has 2 heterocycles. The molecule has 5 aromatic rings. The number of para-hydroxylation sites is 4. The van der Waals surface area contributed by atoms with Crippen LogP contribution in [0.15, 0.2) is 127 Å². The van der Waals surface area contributed by atoms with Crippen LogP contribution in [0.4, 0.5) is 28.4 Å². The molecule has 0 saturated carbocycles. The van der Waals surface area contributed by atoms with E-state index in [0.717, 1.165) is 22.8 Å².